The minimum Gasteiger partial charge on any atom is -0.379 e. The number of halogens is 3. The second kappa shape index (κ2) is 7.26. The van der Waals surface area contributed by atoms with Gasteiger partial charge in [-0.25, -0.2) is 4.98 Å². The third kappa shape index (κ3) is 3.64. The van der Waals surface area contributed by atoms with E-state index < -0.39 is 23.6 Å². The summed E-state index contributed by atoms with van der Waals surface area (Å²) in [6.07, 6.45) is -4.01. The lowest BCUT2D eigenvalue weighted by Gasteiger charge is -2.36. The lowest BCUT2D eigenvalue weighted by atomic mass is 9.96. The minimum absolute atomic E-state index is 0.368. The van der Waals surface area contributed by atoms with Gasteiger partial charge in [-0.05, 0) is 31.9 Å². The second-order valence-electron chi connectivity index (χ2n) is 6.21. The average Bonchev–Trinajstić information content (AvgIpc) is 3.03. The van der Waals surface area contributed by atoms with E-state index in [-0.39, 0.29) is 0 Å². The largest absolute Gasteiger partial charge is 0.416 e. The van der Waals surface area contributed by atoms with Gasteiger partial charge in [-0.15, -0.1) is 11.3 Å². The van der Waals surface area contributed by atoms with Gasteiger partial charge in [0, 0.05) is 5.56 Å². The van der Waals surface area contributed by atoms with E-state index in [1.54, 1.807) is 6.92 Å². The molecule has 2 aromatic rings. The van der Waals surface area contributed by atoms with Gasteiger partial charge in [-0.1, -0.05) is 19.1 Å². The predicted octanol–water partition coefficient (Wildman–Crippen LogP) is 4.50. The molecule has 0 radical (unpaired) electrons. The van der Waals surface area contributed by atoms with Crippen molar-refractivity contribution >= 4 is 11.3 Å². The van der Waals surface area contributed by atoms with Crippen LogP contribution in [0.15, 0.2) is 24.3 Å². The fourth-order valence-corrected chi connectivity index (χ4v) is 4.16. The fraction of sp³-hybridized carbons (Fsp3) is 0.500. The van der Waals surface area contributed by atoms with Gasteiger partial charge >= 0.3 is 6.18 Å². The number of hydrogen-bond acceptors (Lipinski definition) is 5. The molecule has 1 aromatic heterocycles. The van der Waals surface area contributed by atoms with Crippen molar-refractivity contribution in [3.63, 3.8) is 0 Å². The number of aryl methyl sites for hydroxylation is 1. The SMILES string of the molecule is CCC(O)(c1sc(-c2ccc(C(F)(F)F)cc2)nc1C)C1OCCCO1. The summed E-state index contributed by atoms with van der Waals surface area (Å²) in [6.45, 7) is 4.62. The van der Waals surface area contributed by atoms with E-state index in [1.165, 1.54) is 23.5 Å². The van der Waals surface area contributed by atoms with Gasteiger partial charge in [0.2, 0.25) is 0 Å². The number of hydrogen-bond donors (Lipinski definition) is 1. The third-order valence-electron chi connectivity index (χ3n) is 4.41. The molecule has 142 valence electrons. The molecule has 0 amide bonds. The van der Waals surface area contributed by atoms with E-state index in [0.717, 1.165) is 18.6 Å². The molecule has 4 nitrogen and oxygen atoms in total. The van der Waals surface area contributed by atoms with Crippen LogP contribution in [0.2, 0.25) is 0 Å². The quantitative estimate of drug-likeness (QED) is 0.839. The van der Waals surface area contributed by atoms with Crippen LogP contribution >= 0.6 is 11.3 Å². The van der Waals surface area contributed by atoms with Crippen LogP contribution in [-0.4, -0.2) is 29.6 Å². The smallest absolute Gasteiger partial charge is 0.379 e. The Morgan fingerprint density at radius 2 is 1.81 bits per heavy atom. The molecular weight excluding hydrogens is 367 g/mol. The van der Waals surface area contributed by atoms with E-state index in [1.807, 2.05) is 6.92 Å². The van der Waals surface area contributed by atoms with Crippen molar-refractivity contribution in [2.45, 2.75) is 44.8 Å². The van der Waals surface area contributed by atoms with Gasteiger partial charge in [0.1, 0.15) is 5.01 Å². The Kier molecular flexibility index (Phi) is 5.39. The number of aromatic nitrogens is 1. The second-order valence-corrected chi connectivity index (χ2v) is 7.21. The first-order valence-electron chi connectivity index (χ1n) is 8.37. The lowest BCUT2D eigenvalue weighted by molar-refractivity contribution is -0.266. The summed E-state index contributed by atoms with van der Waals surface area (Å²) in [4.78, 5) is 5.06. The number of thiazole rings is 1. The molecule has 0 saturated carbocycles. The minimum atomic E-state index is -4.37. The molecule has 1 fully saturated rings. The van der Waals surface area contributed by atoms with Crippen LogP contribution in [0, 0.1) is 6.92 Å². The molecule has 3 rings (SSSR count). The Labute approximate surface area is 153 Å². The highest BCUT2D eigenvalue weighted by molar-refractivity contribution is 7.15. The van der Waals surface area contributed by atoms with Crippen LogP contribution in [0.1, 0.15) is 35.9 Å². The molecule has 1 unspecified atom stereocenters. The highest BCUT2D eigenvalue weighted by atomic mass is 32.1. The van der Waals surface area contributed by atoms with E-state index in [4.69, 9.17) is 9.47 Å². The van der Waals surface area contributed by atoms with E-state index in [0.29, 0.717) is 40.8 Å². The monoisotopic (exact) mass is 387 g/mol. The zero-order valence-electron chi connectivity index (χ0n) is 14.5. The lowest BCUT2D eigenvalue weighted by Crippen LogP contribution is -2.45. The van der Waals surface area contributed by atoms with Crippen LogP contribution in [0.5, 0.6) is 0 Å². The molecule has 1 saturated heterocycles. The zero-order valence-corrected chi connectivity index (χ0v) is 15.3. The van der Waals surface area contributed by atoms with Crippen LogP contribution < -0.4 is 0 Å². The molecule has 1 N–H and O–H groups in total. The summed E-state index contributed by atoms with van der Waals surface area (Å²) in [7, 11) is 0. The standard InChI is InChI=1S/C18H20F3NO3S/c1-3-17(23,16-24-9-4-10-25-16)14-11(2)22-15(26-14)12-5-7-13(8-6-12)18(19,20)21/h5-8,16,23H,3-4,9-10H2,1-2H3. The Hall–Kier alpha value is -1.48. The van der Waals surface area contributed by atoms with Crippen molar-refractivity contribution in [2.75, 3.05) is 13.2 Å². The van der Waals surface area contributed by atoms with Gasteiger partial charge in [-0.3, -0.25) is 0 Å². The number of aliphatic hydroxyl groups is 1. The number of ether oxygens (including phenoxy) is 2. The topological polar surface area (TPSA) is 51.6 Å². The fourth-order valence-electron chi connectivity index (χ4n) is 2.92. The maximum atomic E-state index is 12.7. The number of nitrogens with zero attached hydrogens (tertiary/aromatic N) is 1. The number of alkyl halides is 3. The summed E-state index contributed by atoms with van der Waals surface area (Å²) < 4.78 is 49.4. The van der Waals surface area contributed by atoms with Crippen LogP contribution in [0.25, 0.3) is 10.6 Å². The normalized spacial score (nSPS) is 18.7. The molecule has 0 aliphatic carbocycles. The van der Waals surface area contributed by atoms with Gasteiger partial charge in [0.05, 0.1) is 29.3 Å². The molecule has 26 heavy (non-hydrogen) atoms. The van der Waals surface area contributed by atoms with Crippen LogP contribution in [-0.2, 0) is 21.3 Å². The first-order valence-corrected chi connectivity index (χ1v) is 9.18. The maximum Gasteiger partial charge on any atom is 0.416 e. The van der Waals surface area contributed by atoms with Crippen molar-refractivity contribution in [1.82, 2.24) is 4.98 Å². The summed E-state index contributed by atoms with van der Waals surface area (Å²) in [5.41, 5.74) is -0.857. The molecule has 1 aliphatic heterocycles. The van der Waals surface area contributed by atoms with E-state index >= 15 is 0 Å². The number of benzene rings is 1. The molecule has 0 bridgehead atoms. The average molecular weight is 387 g/mol. The summed E-state index contributed by atoms with van der Waals surface area (Å²) in [5.74, 6) is 0. The van der Waals surface area contributed by atoms with Gasteiger partial charge < -0.3 is 14.6 Å². The van der Waals surface area contributed by atoms with Crippen LogP contribution in [0.3, 0.4) is 0 Å². The van der Waals surface area contributed by atoms with E-state index in [9.17, 15) is 18.3 Å². The Balaban J connectivity index is 1.93. The van der Waals surface area contributed by atoms with Crippen molar-refractivity contribution in [3.05, 3.63) is 40.4 Å². The molecule has 0 spiro atoms. The predicted molar refractivity (Wildman–Crippen MR) is 91.8 cm³/mol. The van der Waals surface area contributed by atoms with Crippen molar-refractivity contribution in [1.29, 1.82) is 0 Å². The summed E-state index contributed by atoms with van der Waals surface area (Å²) >= 11 is 1.25. The summed E-state index contributed by atoms with van der Waals surface area (Å²) in [6, 6.07) is 4.85. The first kappa shape index (κ1) is 19.3. The Morgan fingerprint density at radius 1 is 1.19 bits per heavy atom. The Morgan fingerprint density at radius 3 is 2.35 bits per heavy atom. The molecule has 8 heteroatoms. The van der Waals surface area contributed by atoms with Gasteiger partial charge in [-0.2, -0.15) is 13.2 Å². The highest BCUT2D eigenvalue weighted by Crippen LogP contribution is 2.41. The van der Waals surface area contributed by atoms with Crippen molar-refractivity contribution in [3.8, 4) is 10.6 Å². The number of rotatable bonds is 4. The molecule has 2 heterocycles. The molecule has 1 aromatic carbocycles. The van der Waals surface area contributed by atoms with E-state index in [2.05, 4.69) is 4.98 Å². The summed E-state index contributed by atoms with van der Waals surface area (Å²) in [5, 5.41) is 11.7. The molecular formula is C18H20F3NO3S. The Bertz CT molecular complexity index is 754. The highest BCUT2D eigenvalue weighted by Gasteiger charge is 2.43. The van der Waals surface area contributed by atoms with Gasteiger partial charge in [0.15, 0.2) is 11.9 Å². The molecule has 1 aliphatic rings. The van der Waals surface area contributed by atoms with Crippen molar-refractivity contribution in [2.24, 2.45) is 0 Å². The van der Waals surface area contributed by atoms with Crippen molar-refractivity contribution < 1.29 is 27.8 Å². The maximum absolute atomic E-state index is 12.7. The molecule has 1 atom stereocenters. The van der Waals surface area contributed by atoms with Gasteiger partial charge in [0.25, 0.3) is 0 Å². The van der Waals surface area contributed by atoms with Crippen LogP contribution in [0.4, 0.5) is 13.2 Å². The first-order chi connectivity index (χ1) is 12.3. The zero-order chi connectivity index (χ0) is 18.9. The third-order valence-corrected chi connectivity index (χ3v) is 5.78.